The van der Waals surface area contributed by atoms with Crippen molar-refractivity contribution in [1.29, 1.82) is 0 Å². The molecule has 3 N–H and O–H groups in total. The SMILES string of the molecule is CN=C(NCCNC(C)(C)C)N1CCC(CC(=O)NC)CC1.I. The molecular formula is C16H34IN5O. The lowest BCUT2D eigenvalue weighted by Crippen LogP contribution is -2.48. The molecule has 0 aliphatic carbocycles. The molecule has 0 saturated carbocycles. The molecule has 7 heteroatoms. The molecule has 0 spiro atoms. The lowest BCUT2D eigenvalue weighted by atomic mass is 9.93. The summed E-state index contributed by atoms with van der Waals surface area (Å²) >= 11 is 0. The van der Waals surface area contributed by atoms with Crippen molar-refractivity contribution in [3.05, 3.63) is 0 Å². The number of hydrogen-bond donors (Lipinski definition) is 3. The predicted octanol–water partition coefficient (Wildman–Crippen LogP) is 1.42. The Bertz CT molecular complexity index is 373. The Morgan fingerprint density at radius 1 is 1.22 bits per heavy atom. The summed E-state index contributed by atoms with van der Waals surface area (Å²) in [6, 6.07) is 0. The Labute approximate surface area is 158 Å². The lowest BCUT2D eigenvalue weighted by Gasteiger charge is -2.34. The summed E-state index contributed by atoms with van der Waals surface area (Å²) in [7, 11) is 3.53. The summed E-state index contributed by atoms with van der Waals surface area (Å²) in [5, 5.41) is 9.58. The maximum absolute atomic E-state index is 11.4. The van der Waals surface area contributed by atoms with E-state index in [1.54, 1.807) is 7.05 Å². The Hall–Kier alpha value is -0.570. The van der Waals surface area contributed by atoms with Crippen LogP contribution in [0.1, 0.15) is 40.0 Å². The fourth-order valence-corrected chi connectivity index (χ4v) is 2.66. The van der Waals surface area contributed by atoms with Crippen molar-refractivity contribution in [1.82, 2.24) is 20.9 Å². The smallest absolute Gasteiger partial charge is 0.220 e. The van der Waals surface area contributed by atoms with E-state index in [9.17, 15) is 4.79 Å². The molecule has 1 saturated heterocycles. The first-order valence-electron chi connectivity index (χ1n) is 8.27. The minimum absolute atomic E-state index is 0. The number of guanidine groups is 1. The average Bonchev–Trinajstić information content (AvgIpc) is 2.47. The number of halogens is 1. The molecule has 0 aromatic carbocycles. The summed E-state index contributed by atoms with van der Waals surface area (Å²) in [5.74, 6) is 1.61. The molecule has 0 unspecified atom stereocenters. The standard InChI is InChI=1S/C16H33N5O.HI/c1-16(2,3)20-9-8-19-15(18-5)21-10-6-13(7-11-21)12-14(22)17-4;/h13,20H,6-12H2,1-5H3,(H,17,22)(H,18,19);1H. The number of nitrogens with one attached hydrogen (secondary N) is 3. The third-order valence-corrected chi connectivity index (χ3v) is 3.94. The van der Waals surface area contributed by atoms with Crippen LogP contribution in [0, 0.1) is 5.92 Å². The highest BCUT2D eigenvalue weighted by molar-refractivity contribution is 14.0. The first-order valence-corrected chi connectivity index (χ1v) is 8.27. The topological polar surface area (TPSA) is 68.8 Å². The van der Waals surface area contributed by atoms with Gasteiger partial charge < -0.3 is 20.9 Å². The highest BCUT2D eigenvalue weighted by atomic mass is 127. The number of carbonyl (C=O) groups excluding carboxylic acids is 1. The van der Waals surface area contributed by atoms with Crippen molar-refractivity contribution in [2.45, 2.75) is 45.6 Å². The largest absolute Gasteiger partial charge is 0.359 e. The average molecular weight is 439 g/mol. The normalized spacial score (nSPS) is 16.7. The Balaban J connectivity index is 0.00000484. The van der Waals surface area contributed by atoms with E-state index >= 15 is 0 Å². The Morgan fingerprint density at radius 3 is 2.30 bits per heavy atom. The molecule has 0 aromatic rings. The number of nitrogens with zero attached hydrogens (tertiary/aromatic N) is 2. The second-order valence-corrected chi connectivity index (χ2v) is 6.96. The molecule has 1 rings (SSSR count). The van der Waals surface area contributed by atoms with Crippen LogP contribution >= 0.6 is 24.0 Å². The molecule has 0 aromatic heterocycles. The van der Waals surface area contributed by atoms with Gasteiger partial charge >= 0.3 is 0 Å². The fraction of sp³-hybridized carbons (Fsp3) is 0.875. The Morgan fingerprint density at radius 2 is 1.83 bits per heavy atom. The van der Waals surface area contributed by atoms with Crippen LogP contribution in [0.4, 0.5) is 0 Å². The van der Waals surface area contributed by atoms with E-state index in [1.165, 1.54) is 0 Å². The van der Waals surface area contributed by atoms with Crippen LogP contribution in [0.2, 0.25) is 0 Å². The first kappa shape index (κ1) is 22.4. The van der Waals surface area contributed by atoms with Crippen LogP contribution < -0.4 is 16.0 Å². The second-order valence-electron chi connectivity index (χ2n) is 6.96. The third-order valence-electron chi connectivity index (χ3n) is 3.94. The van der Waals surface area contributed by atoms with Crippen molar-refractivity contribution < 1.29 is 4.79 Å². The highest BCUT2D eigenvalue weighted by Gasteiger charge is 2.22. The van der Waals surface area contributed by atoms with E-state index in [4.69, 9.17) is 0 Å². The summed E-state index contributed by atoms with van der Waals surface area (Å²) < 4.78 is 0. The molecular weight excluding hydrogens is 405 g/mol. The van der Waals surface area contributed by atoms with E-state index in [0.717, 1.165) is 45.0 Å². The van der Waals surface area contributed by atoms with Crippen molar-refractivity contribution in [3.8, 4) is 0 Å². The van der Waals surface area contributed by atoms with Crippen LogP contribution in [-0.4, -0.2) is 62.6 Å². The summed E-state index contributed by atoms with van der Waals surface area (Å²) in [6.07, 6.45) is 2.74. The van der Waals surface area contributed by atoms with Gasteiger partial charge in [-0.2, -0.15) is 0 Å². The van der Waals surface area contributed by atoms with Crippen molar-refractivity contribution in [2.24, 2.45) is 10.9 Å². The van der Waals surface area contributed by atoms with Crippen molar-refractivity contribution in [3.63, 3.8) is 0 Å². The van der Waals surface area contributed by atoms with Gasteiger partial charge in [-0.15, -0.1) is 24.0 Å². The minimum Gasteiger partial charge on any atom is -0.359 e. The van der Waals surface area contributed by atoms with E-state index < -0.39 is 0 Å². The van der Waals surface area contributed by atoms with Crippen LogP contribution in [0.15, 0.2) is 4.99 Å². The van der Waals surface area contributed by atoms with Gasteiger partial charge in [0, 0.05) is 52.2 Å². The molecule has 0 radical (unpaired) electrons. The summed E-state index contributed by atoms with van der Waals surface area (Å²) in [5.41, 5.74) is 0.142. The van der Waals surface area contributed by atoms with E-state index in [0.29, 0.717) is 12.3 Å². The number of rotatable bonds is 5. The van der Waals surface area contributed by atoms with Gasteiger partial charge in [0.2, 0.25) is 5.91 Å². The molecule has 1 amide bonds. The number of piperidine rings is 1. The van der Waals surface area contributed by atoms with E-state index in [2.05, 4.69) is 46.6 Å². The quantitative estimate of drug-likeness (QED) is 0.262. The molecule has 1 heterocycles. The number of carbonyl (C=O) groups is 1. The van der Waals surface area contributed by atoms with Gasteiger partial charge in [-0.25, -0.2) is 0 Å². The Kier molecular flexibility index (Phi) is 10.8. The number of amides is 1. The molecule has 6 nitrogen and oxygen atoms in total. The first-order chi connectivity index (χ1) is 10.4. The van der Waals surface area contributed by atoms with Crippen LogP contribution in [0.5, 0.6) is 0 Å². The predicted molar refractivity (Wildman–Crippen MR) is 108 cm³/mol. The van der Waals surface area contributed by atoms with Crippen LogP contribution in [0.3, 0.4) is 0 Å². The monoisotopic (exact) mass is 439 g/mol. The molecule has 23 heavy (non-hydrogen) atoms. The van der Waals surface area contributed by atoms with E-state index in [-0.39, 0.29) is 35.4 Å². The number of aliphatic imine (C=N–C) groups is 1. The van der Waals surface area contributed by atoms with Gasteiger partial charge in [-0.1, -0.05) is 0 Å². The maximum Gasteiger partial charge on any atom is 0.220 e. The van der Waals surface area contributed by atoms with Gasteiger partial charge in [0.1, 0.15) is 0 Å². The second kappa shape index (κ2) is 11.1. The summed E-state index contributed by atoms with van der Waals surface area (Å²) in [6.45, 7) is 10.2. The van der Waals surface area contributed by atoms with Crippen LogP contribution in [0.25, 0.3) is 0 Å². The minimum atomic E-state index is 0. The fourth-order valence-electron chi connectivity index (χ4n) is 2.66. The molecule has 1 aliphatic heterocycles. The van der Waals surface area contributed by atoms with Gasteiger partial charge in [0.05, 0.1) is 0 Å². The van der Waals surface area contributed by atoms with Gasteiger partial charge in [-0.3, -0.25) is 9.79 Å². The molecule has 0 atom stereocenters. The highest BCUT2D eigenvalue weighted by Crippen LogP contribution is 2.20. The molecule has 0 bridgehead atoms. The molecule has 136 valence electrons. The van der Waals surface area contributed by atoms with Crippen molar-refractivity contribution >= 4 is 35.8 Å². The maximum atomic E-state index is 11.4. The third kappa shape index (κ3) is 9.34. The zero-order chi connectivity index (χ0) is 16.6. The van der Waals surface area contributed by atoms with Gasteiger partial charge in [0.25, 0.3) is 0 Å². The lowest BCUT2D eigenvalue weighted by molar-refractivity contribution is -0.121. The zero-order valence-corrected chi connectivity index (χ0v) is 17.6. The summed E-state index contributed by atoms with van der Waals surface area (Å²) in [4.78, 5) is 18.1. The number of hydrogen-bond acceptors (Lipinski definition) is 3. The van der Waals surface area contributed by atoms with Gasteiger partial charge in [0.15, 0.2) is 5.96 Å². The molecule has 1 aliphatic rings. The molecule has 1 fully saturated rings. The zero-order valence-electron chi connectivity index (χ0n) is 15.2. The van der Waals surface area contributed by atoms with E-state index in [1.807, 2.05) is 7.05 Å². The van der Waals surface area contributed by atoms with Crippen LogP contribution in [-0.2, 0) is 4.79 Å². The van der Waals surface area contributed by atoms with Gasteiger partial charge in [-0.05, 0) is 39.5 Å². The number of likely N-dealkylation sites (tertiary alicyclic amines) is 1. The van der Waals surface area contributed by atoms with Crippen molar-refractivity contribution in [2.75, 3.05) is 40.3 Å².